The summed E-state index contributed by atoms with van der Waals surface area (Å²) in [6, 6.07) is 1.21. The van der Waals surface area contributed by atoms with E-state index in [1.165, 1.54) is 0 Å². The molecule has 4 nitrogen and oxygen atoms in total. The normalized spacial score (nSPS) is 18.2. The molecule has 112 valence electrons. The van der Waals surface area contributed by atoms with Crippen molar-refractivity contribution in [2.45, 2.75) is 25.1 Å². The van der Waals surface area contributed by atoms with Gasteiger partial charge in [0.15, 0.2) is 5.82 Å². The highest BCUT2D eigenvalue weighted by atomic mass is 19.4. The van der Waals surface area contributed by atoms with Gasteiger partial charge >= 0.3 is 6.18 Å². The quantitative estimate of drug-likeness (QED) is 0.906. The van der Waals surface area contributed by atoms with Crippen molar-refractivity contribution in [3.05, 3.63) is 17.8 Å². The van der Waals surface area contributed by atoms with Crippen LogP contribution in [0, 0.1) is 0 Å². The molecule has 1 aromatic rings. The van der Waals surface area contributed by atoms with Crippen molar-refractivity contribution in [3.63, 3.8) is 0 Å². The minimum atomic E-state index is -4.41. The Kier molecular flexibility index (Phi) is 4.08. The molecule has 0 aromatic carbocycles. The molecular formula is C13H19F3N4. The van der Waals surface area contributed by atoms with Crippen LogP contribution in [-0.4, -0.2) is 43.1 Å². The van der Waals surface area contributed by atoms with Crippen molar-refractivity contribution < 1.29 is 13.2 Å². The summed E-state index contributed by atoms with van der Waals surface area (Å²) in [5.74, 6) is 0.424. The average molecular weight is 288 g/mol. The molecule has 1 aliphatic heterocycles. The molecule has 1 saturated heterocycles. The Labute approximate surface area is 116 Å². The van der Waals surface area contributed by atoms with E-state index >= 15 is 0 Å². The molecule has 0 amide bonds. The fourth-order valence-corrected chi connectivity index (χ4v) is 2.48. The number of alkyl halides is 3. The lowest BCUT2D eigenvalue weighted by Crippen LogP contribution is -2.42. The van der Waals surface area contributed by atoms with Gasteiger partial charge in [-0.25, -0.2) is 4.98 Å². The standard InChI is InChI=1S/C13H19F3N4/c1-19-5-3-10(4-6-19)20(2)12-11(17)7-9(8-18-12)13(14,15)16/h7-8,10H,3-6,17H2,1-2H3. The number of likely N-dealkylation sites (tertiary alicyclic amines) is 1. The van der Waals surface area contributed by atoms with E-state index < -0.39 is 11.7 Å². The first-order chi connectivity index (χ1) is 9.29. The molecule has 1 aromatic heterocycles. The van der Waals surface area contributed by atoms with Gasteiger partial charge in [-0.2, -0.15) is 13.2 Å². The minimum absolute atomic E-state index is 0.0706. The van der Waals surface area contributed by atoms with E-state index in [-0.39, 0.29) is 11.7 Å². The van der Waals surface area contributed by atoms with E-state index in [9.17, 15) is 13.2 Å². The maximum absolute atomic E-state index is 12.6. The Morgan fingerprint density at radius 1 is 1.35 bits per heavy atom. The van der Waals surface area contributed by atoms with Gasteiger partial charge in [0.2, 0.25) is 0 Å². The number of nitrogen functional groups attached to an aromatic ring is 1. The van der Waals surface area contributed by atoms with Crippen molar-refractivity contribution in [1.82, 2.24) is 9.88 Å². The van der Waals surface area contributed by atoms with Crippen molar-refractivity contribution in [3.8, 4) is 0 Å². The summed E-state index contributed by atoms with van der Waals surface area (Å²) in [6.07, 6.45) is -1.66. The summed E-state index contributed by atoms with van der Waals surface area (Å²) >= 11 is 0. The predicted octanol–water partition coefficient (Wildman–Crippen LogP) is 2.21. The van der Waals surface area contributed by atoms with Crippen LogP contribution < -0.4 is 10.6 Å². The molecule has 0 spiro atoms. The van der Waals surface area contributed by atoms with Gasteiger partial charge < -0.3 is 15.5 Å². The monoisotopic (exact) mass is 288 g/mol. The summed E-state index contributed by atoms with van der Waals surface area (Å²) in [5, 5.41) is 0. The Morgan fingerprint density at radius 3 is 2.45 bits per heavy atom. The number of nitrogens with two attached hydrogens (primary N) is 1. The number of hydrogen-bond acceptors (Lipinski definition) is 4. The SMILES string of the molecule is CN1CCC(N(C)c2ncc(C(F)(F)F)cc2N)CC1. The Morgan fingerprint density at radius 2 is 1.95 bits per heavy atom. The first kappa shape index (κ1) is 14.9. The molecule has 0 saturated carbocycles. The lowest BCUT2D eigenvalue weighted by atomic mass is 10.0. The van der Waals surface area contributed by atoms with E-state index in [1.807, 2.05) is 11.9 Å². The van der Waals surface area contributed by atoms with Gasteiger partial charge in [0, 0.05) is 19.3 Å². The maximum Gasteiger partial charge on any atom is 0.417 e. The van der Waals surface area contributed by atoms with Gasteiger partial charge in [0.1, 0.15) is 0 Å². The van der Waals surface area contributed by atoms with E-state index in [4.69, 9.17) is 5.73 Å². The van der Waals surface area contributed by atoms with Gasteiger partial charge in [-0.15, -0.1) is 0 Å². The first-order valence-electron chi connectivity index (χ1n) is 6.53. The zero-order valence-corrected chi connectivity index (χ0v) is 11.6. The van der Waals surface area contributed by atoms with Crippen molar-refractivity contribution in [1.29, 1.82) is 0 Å². The second-order valence-corrected chi connectivity index (χ2v) is 5.28. The average Bonchev–Trinajstić information content (AvgIpc) is 2.37. The first-order valence-corrected chi connectivity index (χ1v) is 6.53. The van der Waals surface area contributed by atoms with Gasteiger partial charge in [0.25, 0.3) is 0 Å². The van der Waals surface area contributed by atoms with Gasteiger partial charge in [-0.05, 0) is 39.0 Å². The van der Waals surface area contributed by atoms with E-state index in [0.29, 0.717) is 5.82 Å². The highest BCUT2D eigenvalue weighted by molar-refractivity contribution is 5.63. The molecule has 0 unspecified atom stereocenters. The molecule has 7 heteroatoms. The molecular weight excluding hydrogens is 269 g/mol. The largest absolute Gasteiger partial charge is 0.417 e. The van der Waals surface area contributed by atoms with Crippen LogP contribution in [0.2, 0.25) is 0 Å². The molecule has 2 heterocycles. The van der Waals surface area contributed by atoms with E-state index in [2.05, 4.69) is 16.9 Å². The molecule has 2 rings (SSSR count). The molecule has 1 fully saturated rings. The smallest absolute Gasteiger partial charge is 0.396 e. The van der Waals surface area contributed by atoms with Crippen LogP contribution in [-0.2, 0) is 6.18 Å². The Hall–Kier alpha value is -1.50. The predicted molar refractivity (Wildman–Crippen MR) is 72.6 cm³/mol. The summed E-state index contributed by atoms with van der Waals surface area (Å²) in [5.41, 5.74) is 5.00. The minimum Gasteiger partial charge on any atom is -0.396 e. The maximum atomic E-state index is 12.6. The topological polar surface area (TPSA) is 45.4 Å². The number of anilines is 2. The number of aromatic nitrogens is 1. The third kappa shape index (κ3) is 3.15. The highest BCUT2D eigenvalue weighted by Crippen LogP contribution is 2.33. The number of pyridine rings is 1. The zero-order chi connectivity index (χ0) is 14.9. The van der Waals surface area contributed by atoms with E-state index in [1.54, 1.807) is 0 Å². The van der Waals surface area contributed by atoms with Crippen LogP contribution in [0.25, 0.3) is 0 Å². The second kappa shape index (κ2) is 5.47. The van der Waals surface area contributed by atoms with Gasteiger partial charge in [-0.1, -0.05) is 0 Å². The fourth-order valence-electron chi connectivity index (χ4n) is 2.48. The highest BCUT2D eigenvalue weighted by Gasteiger charge is 2.32. The molecule has 0 bridgehead atoms. The molecule has 20 heavy (non-hydrogen) atoms. The lowest BCUT2D eigenvalue weighted by Gasteiger charge is -2.36. The number of hydrogen-bond donors (Lipinski definition) is 1. The molecule has 1 aliphatic rings. The van der Waals surface area contributed by atoms with Crippen molar-refractivity contribution >= 4 is 11.5 Å². The van der Waals surface area contributed by atoms with Crippen LogP contribution in [0.15, 0.2) is 12.3 Å². The number of halogens is 3. The van der Waals surface area contributed by atoms with Crippen molar-refractivity contribution in [2.24, 2.45) is 0 Å². The summed E-state index contributed by atoms with van der Waals surface area (Å²) in [7, 11) is 3.89. The molecule has 0 atom stereocenters. The molecule has 2 N–H and O–H groups in total. The van der Waals surface area contributed by atoms with E-state index in [0.717, 1.165) is 38.2 Å². The van der Waals surface area contributed by atoms with Crippen molar-refractivity contribution in [2.75, 3.05) is 37.8 Å². The summed E-state index contributed by atoms with van der Waals surface area (Å²) in [6.45, 7) is 1.94. The Bertz CT molecular complexity index is 467. The fraction of sp³-hybridized carbons (Fsp3) is 0.615. The number of rotatable bonds is 2. The Balaban J connectivity index is 2.16. The molecule has 0 radical (unpaired) electrons. The van der Waals surface area contributed by atoms with Crippen LogP contribution in [0.3, 0.4) is 0 Å². The lowest BCUT2D eigenvalue weighted by molar-refractivity contribution is -0.137. The molecule has 0 aliphatic carbocycles. The number of nitrogens with zero attached hydrogens (tertiary/aromatic N) is 3. The van der Waals surface area contributed by atoms with Crippen LogP contribution in [0.5, 0.6) is 0 Å². The number of piperidine rings is 1. The third-order valence-electron chi connectivity index (χ3n) is 3.79. The summed E-state index contributed by atoms with van der Waals surface area (Å²) < 4.78 is 37.8. The van der Waals surface area contributed by atoms with Crippen LogP contribution in [0.4, 0.5) is 24.7 Å². The summed E-state index contributed by atoms with van der Waals surface area (Å²) in [4.78, 5) is 8.03. The zero-order valence-electron chi connectivity index (χ0n) is 11.6. The van der Waals surface area contributed by atoms with Crippen LogP contribution >= 0.6 is 0 Å². The van der Waals surface area contributed by atoms with Crippen LogP contribution in [0.1, 0.15) is 18.4 Å². The third-order valence-corrected chi connectivity index (χ3v) is 3.79. The second-order valence-electron chi connectivity index (χ2n) is 5.28. The van der Waals surface area contributed by atoms with Gasteiger partial charge in [0.05, 0.1) is 11.3 Å². The van der Waals surface area contributed by atoms with Gasteiger partial charge in [-0.3, -0.25) is 0 Å².